The Hall–Kier alpha value is -0.380. The van der Waals surface area contributed by atoms with E-state index in [2.05, 4.69) is 0 Å². The predicted octanol–water partition coefficient (Wildman–Crippen LogP) is 2.98. The molecule has 0 fully saturated rings. The fourth-order valence-electron chi connectivity index (χ4n) is 1.14. The fraction of sp³-hybridized carbons (Fsp3) is 0.909. The molecule has 0 aliphatic heterocycles. The molecule has 17 heavy (non-hydrogen) atoms. The lowest BCUT2D eigenvalue weighted by molar-refractivity contribution is -0.154. The first-order valence-electron chi connectivity index (χ1n) is 5.78. The van der Waals surface area contributed by atoms with E-state index in [1.807, 2.05) is 0 Å². The number of ether oxygens (including phenoxy) is 1. The number of hydrogen-bond donors (Lipinski definition) is 0. The highest BCUT2D eigenvalue weighted by Gasteiger charge is 2.39. The standard InChI is InChI=1S/C11H23O5P/c1-7-14-17(13,15-8-2)9(3)10(12)16-11(4,5)6/h9H,7-8H2,1-6H3. The van der Waals surface area contributed by atoms with E-state index in [9.17, 15) is 9.36 Å². The molecule has 0 aromatic carbocycles. The number of hydrogen-bond acceptors (Lipinski definition) is 5. The maximum Gasteiger partial charge on any atom is 0.344 e. The van der Waals surface area contributed by atoms with Gasteiger partial charge in [-0.2, -0.15) is 0 Å². The molecule has 0 aromatic heterocycles. The summed E-state index contributed by atoms with van der Waals surface area (Å²) in [5, 5.41) is 0. The molecule has 0 spiro atoms. The van der Waals surface area contributed by atoms with Crippen molar-refractivity contribution in [1.29, 1.82) is 0 Å². The van der Waals surface area contributed by atoms with Crippen LogP contribution in [-0.4, -0.2) is 30.4 Å². The Morgan fingerprint density at radius 3 is 1.88 bits per heavy atom. The highest BCUT2D eigenvalue weighted by Crippen LogP contribution is 2.53. The van der Waals surface area contributed by atoms with Crippen molar-refractivity contribution >= 4 is 13.6 Å². The lowest BCUT2D eigenvalue weighted by atomic mass is 10.2. The first-order chi connectivity index (χ1) is 7.66. The average molecular weight is 266 g/mol. The van der Waals surface area contributed by atoms with Crippen molar-refractivity contribution < 1.29 is 23.1 Å². The monoisotopic (exact) mass is 266 g/mol. The van der Waals surface area contributed by atoms with Gasteiger partial charge in [0, 0.05) is 0 Å². The van der Waals surface area contributed by atoms with Gasteiger partial charge < -0.3 is 13.8 Å². The van der Waals surface area contributed by atoms with Gasteiger partial charge in [-0.1, -0.05) is 0 Å². The maximum absolute atomic E-state index is 12.3. The molecular weight excluding hydrogens is 243 g/mol. The molecule has 0 aliphatic rings. The smallest absolute Gasteiger partial charge is 0.344 e. The van der Waals surface area contributed by atoms with E-state index in [-0.39, 0.29) is 13.2 Å². The molecule has 0 N–H and O–H groups in total. The highest BCUT2D eigenvalue weighted by atomic mass is 31.2. The fourth-order valence-corrected chi connectivity index (χ4v) is 2.69. The summed E-state index contributed by atoms with van der Waals surface area (Å²) in [6.07, 6.45) is 0. The van der Waals surface area contributed by atoms with Crippen molar-refractivity contribution in [1.82, 2.24) is 0 Å². The molecule has 5 nitrogen and oxygen atoms in total. The van der Waals surface area contributed by atoms with Crippen molar-refractivity contribution in [3.05, 3.63) is 0 Å². The summed E-state index contributed by atoms with van der Waals surface area (Å²) in [5.74, 6) is -0.567. The zero-order valence-corrected chi connectivity index (χ0v) is 12.4. The quantitative estimate of drug-likeness (QED) is 0.546. The minimum absolute atomic E-state index is 0.227. The Bertz CT molecular complexity index is 285. The average Bonchev–Trinajstić information content (AvgIpc) is 2.14. The summed E-state index contributed by atoms with van der Waals surface area (Å²) >= 11 is 0. The Balaban J connectivity index is 4.78. The van der Waals surface area contributed by atoms with Crippen LogP contribution in [0, 0.1) is 0 Å². The van der Waals surface area contributed by atoms with Crippen LogP contribution in [0.25, 0.3) is 0 Å². The van der Waals surface area contributed by atoms with E-state index in [1.165, 1.54) is 6.92 Å². The summed E-state index contributed by atoms with van der Waals surface area (Å²) in [5.41, 5.74) is -1.53. The lowest BCUT2D eigenvalue weighted by Crippen LogP contribution is -2.31. The van der Waals surface area contributed by atoms with E-state index >= 15 is 0 Å². The van der Waals surface area contributed by atoms with Crippen LogP contribution in [0.2, 0.25) is 0 Å². The number of rotatable bonds is 6. The topological polar surface area (TPSA) is 61.8 Å². The molecule has 102 valence electrons. The van der Waals surface area contributed by atoms with E-state index < -0.39 is 24.8 Å². The highest BCUT2D eigenvalue weighted by molar-refractivity contribution is 7.55. The minimum atomic E-state index is -3.43. The van der Waals surface area contributed by atoms with Crippen LogP contribution in [0.15, 0.2) is 0 Å². The molecule has 0 aliphatic carbocycles. The number of carbonyl (C=O) groups is 1. The number of carbonyl (C=O) groups excluding carboxylic acids is 1. The van der Waals surface area contributed by atoms with Crippen molar-refractivity contribution in [3.63, 3.8) is 0 Å². The minimum Gasteiger partial charge on any atom is -0.459 e. The molecule has 0 saturated heterocycles. The summed E-state index contributed by atoms with van der Waals surface area (Å²) in [6.45, 7) is 10.6. The van der Waals surface area contributed by atoms with Crippen LogP contribution in [0.4, 0.5) is 0 Å². The maximum atomic E-state index is 12.3. The zero-order chi connectivity index (χ0) is 13.7. The van der Waals surface area contributed by atoms with Gasteiger partial charge in [-0.25, -0.2) is 0 Å². The normalized spacial score (nSPS) is 14.5. The first-order valence-corrected chi connectivity index (χ1v) is 7.39. The number of esters is 1. The zero-order valence-electron chi connectivity index (χ0n) is 11.5. The van der Waals surface area contributed by atoms with Gasteiger partial charge in [0.25, 0.3) is 0 Å². The van der Waals surface area contributed by atoms with Crippen LogP contribution in [-0.2, 0) is 23.1 Å². The molecule has 0 radical (unpaired) electrons. The summed E-state index contributed by atoms with van der Waals surface area (Å²) in [6, 6.07) is 0. The van der Waals surface area contributed by atoms with Gasteiger partial charge in [-0.15, -0.1) is 0 Å². The van der Waals surface area contributed by atoms with Gasteiger partial charge in [0.15, 0.2) is 5.66 Å². The van der Waals surface area contributed by atoms with Gasteiger partial charge in [-0.05, 0) is 41.5 Å². The third-order valence-corrected chi connectivity index (χ3v) is 4.24. The molecule has 0 amide bonds. The first kappa shape index (κ1) is 16.6. The van der Waals surface area contributed by atoms with E-state index in [1.54, 1.807) is 34.6 Å². The van der Waals surface area contributed by atoms with Gasteiger partial charge in [0.2, 0.25) is 0 Å². The molecule has 6 heteroatoms. The molecule has 0 saturated carbocycles. The molecule has 1 atom stereocenters. The molecule has 0 heterocycles. The molecule has 0 bridgehead atoms. The third-order valence-electron chi connectivity index (χ3n) is 1.84. The van der Waals surface area contributed by atoms with Crippen molar-refractivity contribution in [2.24, 2.45) is 0 Å². The Morgan fingerprint density at radius 2 is 1.59 bits per heavy atom. The van der Waals surface area contributed by atoms with Crippen LogP contribution in [0.1, 0.15) is 41.5 Å². The molecule has 0 rings (SSSR count). The summed E-state index contributed by atoms with van der Waals surface area (Å²) < 4.78 is 27.7. The van der Waals surface area contributed by atoms with E-state index in [0.717, 1.165) is 0 Å². The largest absolute Gasteiger partial charge is 0.459 e. The van der Waals surface area contributed by atoms with Gasteiger partial charge in [0.1, 0.15) is 5.60 Å². The van der Waals surface area contributed by atoms with Crippen molar-refractivity contribution in [2.75, 3.05) is 13.2 Å². The van der Waals surface area contributed by atoms with Gasteiger partial charge in [-0.3, -0.25) is 9.36 Å². The SMILES string of the molecule is CCOP(=O)(OCC)C(C)C(=O)OC(C)(C)C. The summed E-state index contributed by atoms with van der Waals surface area (Å²) in [4.78, 5) is 11.8. The molecule has 1 unspecified atom stereocenters. The summed E-state index contributed by atoms with van der Waals surface area (Å²) in [7, 11) is -3.43. The van der Waals surface area contributed by atoms with E-state index in [4.69, 9.17) is 13.8 Å². The molecule has 0 aromatic rings. The van der Waals surface area contributed by atoms with Gasteiger partial charge in [0.05, 0.1) is 13.2 Å². The predicted molar refractivity (Wildman–Crippen MR) is 66.2 cm³/mol. The van der Waals surface area contributed by atoms with Crippen molar-refractivity contribution in [3.8, 4) is 0 Å². The van der Waals surface area contributed by atoms with Crippen LogP contribution >= 0.6 is 7.60 Å². The Kier molecular flexibility index (Phi) is 6.38. The van der Waals surface area contributed by atoms with Crippen LogP contribution < -0.4 is 0 Å². The second-order valence-electron chi connectivity index (χ2n) is 4.58. The van der Waals surface area contributed by atoms with Gasteiger partial charge >= 0.3 is 13.6 Å². The van der Waals surface area contributed by atoms with Crippen LogP contribution in [0.3, 0.4) is 0 Å². The van der Waals surface area contributed by atoms with Crippen LogP contribution in [0.5, 0.6) is 0 Å². The third kappa shape index (κ3) is 5.66. The second kappa shape index (κ2) is 6.53. The molecular formula is C11H23O5P. The second-order valence-corrected chi connectivity index (χ2v) is 6.96. The Morgan fingerprint density at radius 1 is 1.18 bits per heavy atom. The van der Waals surface area contributed by atoms with E-state index in [0.29, 0.717) is 0 Å². The van der Waals surface area contributed by atoms with Crippen molar-refractivity contribution in [2.45, 2.75) is 52.8 Å². The lowest BCUT2D eigenvalue weighted by Gasteiger charge is -2.26. The Labute approximate surface area is 103 Å².